The van der Waals surface area contributed by atoms with Crippen LogP contribution in [0.1, 0.15) is 15.9 Å². The molecular weight excluding hydrogens is 396 g/mol. The van der Waals surface area contributed by atoms with Crippen molar-refractivity contribution in [2.24, 2.45) is 0 Å². The molecule has 8 nitrogen and oxygen atoms in total. The SMILES string of the molecule is N#Cc1cc([N+](=O)[O-])ccc1NC(=O)c1ccc(-c2ccc3ccccc3c2)[nH]c1=O. The number of nitriles is 1. The molecule has 8 heteroatoms. The number of benzene rings is 3. The molecule has 0 atom stereocenters. The Morgan fingerprint density at radius 1 is 1.00 bits per heavy atom. The van der Waals surface area contributed by atoms with Gasteiger partial charge in [0.1, 0.15) is 11.6 Å². The van der Waals surface area contributed by atoms with Gasteiger partial charge in [0.05, 0.1) is 16.2 Å². The van der Waals surface area contributed by atoms with E-state index >= 15 is 0 Å². The first-order valence-corrected chi connectivity index (χ1v) is 9.18. The third-order valence-electron chi connectivity index (χ3n) is 4.80. The summed E-state index contributed by atoms with van der Waals surface area (Å²) in [6, 6.07) is 21.9. The van der Waals surface area contributed by atoms with Crippen molar-refractivity contribution in [1.29, 1.82) is 5.26 Å². The third-order valence-corrected chi connectivity index (χ3v) is 4.80. The van der Waals surface area contributed by atoms with Crippen molar-refractivity contribution in [3.8, 4) is 17.3 Å². The molecule has 0 saturated carbocycles. The minimum absolute atomic E-state index is 0.0771. The van der Waals surface area contributed by atoms with E-state index in [2.05, 4.69) is 10.3 Å². The lowest BCUT2D eigenvalue weighted by Crippen LogP contribution is -2.23. The first-order chi connectivity index (χ1) is 15.0. The number of nitrogens with one attached hydrogen (secondary N) is 2. The van der Waals surface area contributed by atoms with Crippen LogP contribution in [0.5, 0.6) is 0 Å². The largest absolute Gasteiger partial charge is 0.321 e. The molecule has 3 aromatic carbocycles. The van der Waals surface area contributed by atoms with E-state index in [1.807, 2.05) is 42.5 Å². The second kappa shape index (κ2) is 7.93. The van der Waals surface area contributed by atoms with Crippen molar-refractivity contribution in [1.82, 2.24) is 4.98 Å². The number of carbonyl (C=O) groups excluding carboxylic acids is 1. The summed E-state index contributed by atoms with van der Waals surface area (Å²) in [5.74, 6) is -0.725. The second-order valence-corrected chi connectivity index (χ2v) is 6.73. The van der Waals surface area contributed by atoms with Gasteiger partial charge < -0.3 is 10.3 Å². The fourth-order valence-electron chi connectivity index (χ4n) is 3.21. The number of non-ortho nitro benzene ring substituents is 1. The summed E-state index contributed by atoms with van der Waals surface area (Å²) < 4.78 is 0. The summed E-state index contributed by atoms with van der Waals surface area (Å²) in [5.41, 5.74) is 0.343. The number of carbonyl (C=O) groups is 1. The highest BCUT2D eigenvalue weighted by Crippen LogP contribution is 2.24. The van der Waals surface area contributed by atoms with Gasteiger partial charge in [0.2, 0.25) is 0 Å². The fourth-order valence-corrected chi connectivity index (χ4v) is 3.21. The van der Waals surface area contributed by atoms with Crippen LogP contribution in [0.15, 0.2) is 77.6 Å². The monoisotopic (exact) mass is 410 g/mol. The van der Waals surface area contributed by atoms with Crippen LogP contribution >= 0.6 is 0 Å². The molecule has 1 aromatic heterocycles. The van der Waals surface area contributed by atoms with E-state index < -0.39 is 16.4 Å². The number of H-pyrrole nitrogens is 1. The van der Waals surface area contributed by atoms with Gasteiger partial charge in [-0.05, 0) is 40.6 Å². The summed E-state index contributed by atoms with van der Waals surface area (Å²) >= 11 is 0. The van der Waals surface area contributed by atoms with Gasteiger partial charge in [-0.1, -0.05) is 36.4 Å². The number of nitro groups is 1. The maximum Gasteiger partial charge on any atom is 0.270 e. The van der Waals surface area contributed by atoms with E-state index in [1.165, 1.54) is 18.2 Å². The maximum absolute atomic E-state index is 12.6. The van der Waals surface area contributed by atoms with E-state index in [0.717, 1.165) is 22.4 Å². The van der Waals surface area contributed by atoms with Crippen molar-refractivity contribution in [2.45, 2.75) is 0 Å². The topological polar surface area (TPSA) is 129 Å². The highest BCUT2D eigenvalue weighted by atomic mass is 16.6. The van der Waals surface area contributed by atoms with Gasteiger partial charge in [-0.25, -0.2) is 0 Å². The van der Waals surface area contributed by atoms with Crippen LogP contribution in [0.2, 0.25) is 0 Å². The highest BCUT2D eigenvalue weighted by Gasteiger charge is 2.16. The number of anilines is 1. The Kier molecular flexibility index (Phi) is 5.00. The van der Waals surface area contributed by atoms with Gasteiger partial charge in [-0.2, -0.15) is 5.26 Å². The summed E-state index contributed by atoms with van der Waals surface area (Å²) in [4.78, 5) is 38.0. The minimum Gasteiger partial charge on any atom is -0.321 e. The average molecular weight is 410 g/mol. The number of hydrogen-bond donors (Lipinski definition) is 2. The zero-order chi connectivity index (χ0) is 22.0. The van der Waals surface area contributed by atoms with Gasteiger partial charge in [0.15, 0.2) is 0 Å². The second-order valence-electron chi connectivity index (χ2n) is 6.73. The van der Waals surface area contributed by atoms with Crippen LogP contribution < -0.4 is 10.9 Å². The van der Waals surface area contributed by atoms with Crippen molar-refractivity contribution >= 4 is 28.1 Å². The number of nitro benzene ring substituents is 1. The Morgan fingerprint density at radius 2 is 1.77 bits per heavy atom. The number of aromatic nitrogens is 1. The molecule has 0 radical (unpaired) electrons. The number of hydrogen-bond acceptors (Lipinski definition) is 5. The Bertz CT molecular complexity index is 1450. The molecule has 31 heavy (non-hydrogen) atoms. The Labute approximate surface area is 175 Å². The lowest BCUT2D eigenvalue weighted by molar-refractivity contribution is -0.384. The maximum atomic E-state index is 12.6. The molecule has 4 aromatic rings. The van der Waals surface area contributed by atoms with Crippen molar-refractivity contribution in [2.75, 3.05) is 5.32 Å². The predicted octanol–water partition coefficient (Wildman–Crippen LogP) is 4.23. The fraction of sp³-hybridized carbons (Fsp3) is 0. The number of amides is 1. The molecule has 0 bridgehead atoms. The summed E-state index contributed by atoms with van der Waals surface area (Å²) in [7, 11) is 0. The Balaban J connectivity index is 1.62. The number of pyridine rings is 1. The number of rotatable bonds is 4. The molecule has 0 aliphatic carbocycles. The van der Waals surface area contributed by atoms with Crippen molar-refractivity contribution < 1.29 is 9.72 Å². The Hall–Kier alpha value is -4.77. The zero-order valence-corrected chi connectivity index (χ0v) is 16.0. The van der Waals surface area contributed by atoms with E-state index in [0.29, 0.717) is 5.69 Å². The van der Waals surface area contributed by atoms with E-state index in [-0.39, 0.29) is 22.5 Å². The van der Waals surface area contributed by atoms with Crippen molar-refractivity contribution in [3.63, 3.8) is 0 Å². The molecule has 0 spiro atoms. The van der Waals surface area contributed by atoms with E-state index in [1.54, 1.807) is 12.1 Å². The molecule has 1 heterocycles. The number of fused-ring (bicyclic) bond motifs is 1. The van der Waals surface area contributed by atoms with Gasteiger partial charge in [0.25, 0.3) is 17.2 Å². The lowest BCUT2D eigenvalue weighted by Gasteiger charge is -2.08. The predicted molar refractivity (Wildman–Crippen MR) is 116 cm³/mol. The van der Waals surface area contributed by atoms with Gasteiger partial charge in [-0.15, -0.1) is 0 Å². The van der Waals surface area contributed by atoms with Crippen LogP contribution in [0.4, 0.5) is 11.4 Å². The lowest BCUT2D eigenvalue weighted by atomic mass is 10.0. The Morgan fingerprint density at radius 3 is 2.48 bits per heavy atom. The van der Waals surface area contributed by atoms with E-state index in [4.69, 9.17) is 0 Å². The van der Waals surface area contributed by atoms with Gasteiger partial charge in [-0.3, -0.25) is 19.7 Å². The molecule has 150 valence electrons. The zero-order valence-electron chi connectivity index (χ0n) is 16.0. The molecular formula is C23H14N4O4. The van der Waals surface area contributed by atoms with Crippen LogP contribution in [0, 0.1) is 21.4 Å². The first kappa shape index (κ1) is 19.5. The normalized spacial score (nSPS) is 10.4. The molecule has 4 rings (SSSR count). The van der Waals surface area contributed by atoms with Crippen LogP contribution in [-0.2, 0) is 0 Å². The van der Waals surface area contributed by atoms with Crippen LogP contribution in [-0.4, -0.2) is 15.8 Å². The van der Waals surface area contributed by atoms with Crippen molar-refractivity contribution in [3.05, 3.63) is 104 Å². The van der Waals surface area contributed by atoms with Crippen LogP contribution in [0.3, 0.4) is 0 Å². The number of nitrogens with zero attached hydrogens (tertiary/aromatic N) is 2. The molecule has 0 saturated heterocycles. The standard InChI is InChI=1S/C23H14N4O4/c24-13-17-12-18(27(30)31)7-9-21(17)26-23(29)19-8-10-20(25-22(19)28)16-6-5-14-3-1-2-4-15(14)11-16/h1-12H,(H,25,28)(H,26,29). The summed E-state index contributed by atoms with van der Waals surface area (Å²) in [6.07, 6.45) is 0. The number of aromatic amines is 1. The van der Waals surface area contributed by atoms with Gasteiger partial charge >= 0.3 is 0 Å². The highest BCUT2D eigenvalue weighted by molar-refractivity contribution is 6.05. The molecule has 1 amide bonds. The summed E-state index contributed by atoms with van der Waals surface area (Å²) in [5, 5.41) is 24.6. The molecule has 2 N–H and O–H groups in total. The van der Waals surface area contributed by atoms with Gasteiger partial charge in [0, 0.05) is 17.8 Å². The molecule has 0 aliphatic heterocycles. The van der Waals surface area contributed by atoms with E-state index in [9.17, 15) is 25.0 Å². The smallest absolute Gasteiger partial charge is 0.270 e. The average Bonchev–Trinajstić information content (AvgIpc) is 2.78. The molecule has 0 aliphatic rings. The van der Waals surface area contributed by atoms with Crippen LogP contribution in [0.25, 0.3) is 22.0 Å². The first-order valence-electron chi connectivity index (χ1n) is 9.18. The quantitative estimate of drug-likeness (QED) is 0.384. The summed E-state index contributed by atoms with van der Waals surface area (Å²) in [6.45, 7) is 0. The molecule has 0 unspecified atom stereocenters. The minimum atomic E-state index is -0.725. The molecule has 0 fully saturated rings. The third kappa shape index (κ3) is 3.88.